The summed E-state index contributed by atoms with van der Waals surface area (Å²) in [5.74, 6) is 1.53. The van der Waals surface area contributed by atoms with Gasteiger partial charge in [0.15, 0.2) is 0 Å². The minimum atomic E-state index is 0.637. The van der Waals surface area contributed by atoms with Crippen LogP contribution in [0.15, 0.2) is 29.0 Å². The molecule has 0 unspecified atom stereocenters. The van der Waals surface area contributed by atoms with Crippen molar-refractivity contribution < 1.29 is 4.74 Å². The van der Waals surface area contributed by atoms with Crippen molar-refractivity contribution >= 4 is 11.3 Å². The molecule has 114 valence electrons. The van der Waals surface area contributed by atoms with Crippen LogP contribution >= 0.6 is 11.3 Å². The summed E-state index contributed by atoms with van der Waals surface area (Å²) in [4.78, 5) is 4.60. The maximum Gasteiger partial charge on any atom is 0.142 e. The van der Waals surface area contributed by atoms with Crippen molar-refractivity contribution in [1.29, 1.82) is 0 Å². The van der Waals surface area contributed by atoms with Gasteiger partial charge in [0.1, 0.15) is 5.75 Å². The molecule has 0 atom stereocenters. The molecule has 0 radical (unpaired) electrons. The van der Waals surface area contributed by atoms with Gasteiger partial charge in [0, 0.05) is 18.7 Å². The highest BCUT2D eigenvalue weighted by Gasteiger charge is 2.06. The van der Waals surface area contributed by atoms with E-state index in [9.17, 15) is 0 Å². The molecule has 0 saturated carbocycles. The fraction of sp³-hybridized carbons (Fsp3) is 0.471. The van der Waals surface area contributed by atoms with E-state index in [2.05, 4.69) is 41.0 Å². The highest BCUT2D eigenvalue weighted by atomic mass is 32.1. The Morgan fingerprint density at radius 2 is 2.14 bits per heavy atom. The van der Waals surface area contributed by atoms with Gasteiger partial charge < -0.3 is 10.1 Å². The topological polar surface area (TPSA) is 34.1 Å². The van der Waals surface area contributed by atoms with Crippen LogP contribution in [0.3, 0.4) is 0 Å². The number of aromatic nitrogens is 1. The lowest BCUT2D eigenvalue weighted by Gasteiger charge is -2.13. The van der Waals surface area contributed by atoms with Gasteiger partial charge in [-0.1, -0.05) is 13.8 Å². The second kappa shape index (κ2) is 8.15. The molecule has 0 saturated heterocycles. The molecule has 0 spiro atoms. The van der Waals surface area contributed by atoms with E-state index in [1.54, 1.807) is 11.3 Å². The number of nitrogens with zero attached hydrogens (tertiary/aromatic N) is 1. The van der Waals surface area contributed by atoms with Crippen LogP contribution in [0.4, 0.5) is 0 Å². The van der Waals surface area contributed by atoms with Crippen LogP contribution in [0.5, 0.6) is 5.75 Å². The molecule has 0 aliphatic heterocycles. The van der Waals surface area contributed by atoms with Gasteiger partial charge in [-0.15, -0.1) is 0 Å². The molecular weight excluding hydrogens is 280 g/mol. The predicted octanol–water partition coefficient (Wildman–Crippen LogP) is 3.82. The summed E-state index contributed by atoms with van der Waals surface area (Å²) in [6, 6.07) is 6.18. The van der Waals surface area contributed by atoms with Crippen LogP contribution < -0.4 is 10.1 Å². The van der Waals surface area contributed by atoms with Gasteiger partial charge in [0.05, 0.1) is 12.3 Å². The first-order valence-electron chi connectivity index (χ1n) is 7.46. The maximum atomic E-state index is 5.93. The highest BCUT2D eigenvalue weighted by molar-refractivity contribution is 7.07. The first-order valence-corrected chi connectivity index (χ1v) is 8.40. The Morgan fingerprint density at radius 1 is 1.29 bits per heavy atom. The third-order valence-corrected chi connectivity index (χ3v) is 3.88. The van der Waals surface area contributed by atoms with Gasteiger partial charge >= 0.3 is 0 Å². The van der Waals surface area contributed by atoms with Crippen molar-refractivity contribution in [3.8, 4) is 5.75 Å². The van der Waals surface area contributed by atoms with E-state index in [0.717, 1.165) is 36.6 Å². The fourth-order valence-electron chi connectivity index (χ4n) is 2.05. The molecule has 2 rings (SSSR count). The maximum absolute atomic E-state index is 5.93. The Kier molecular flexibility index (Phi) is 6.21. The SMILES string of the molecule is Cc1ccc(OCCc2ccsc2)c(CNCC(C)C)n1. The molecule has 2 aromatic rings. The summed E-state index contributed by atoms with van der Waals surface area (Å²) >= 11 is 1.73. The molecule has 3 nitrogen and oxygen atoms in total. The number of rotatable bonds is 8. The van der Waals surface area contributed by atoms with E-state index in [1.165, 1.54) is 5.56 Å². The second-order valence-corrected chi connectivity index (χ2v) is 6.43. The first kappa shape index (κ1) is 16.0. The Bertz CT molecular complexity index is 538. The zero-order valence-electron chi connectivity index (χ0n) is 13.1. The van der Waals surface area contributed by atoms with E-state index >= 15 is 0 Å². The molecule has 2 aromatic heterocycles. The largest absolute Gasteiger partial charge is 0.491 e. The summed E-state index contributed by atoms with van der Waals surface area (Å²) in [5, 5.41) is 7.70. The van der Waals surface area contributed by atoms with Crippen molar-refractivity contribution in [3.63, 3.8) is 0 Å². The van der Waals surface area contributed by atoms with Crippen LogP contribution in [0.25, 0.3) is 0 Å². The van der Waals surface area contributed by atoms with Crippen LogP contribution in [0, 0.1) is 12.8 Å². The minimum absolute atomic E-state index is 0.637. The molecule has 4 heteroatoms. The van der Waals surface area contributed by atoms with Crippen molar-refractivity contribution in [2.24, 2.45) is 5.92 Å². The average Bonchev–Trinajstić information content (AvgIpc) is 2.94. The van der Waals surface area contributed by atoms with Crippen molar-refractivity contribution in [2.75, 3.05) is 13.2 Å². The summed E-state index contributed by atoms with van der Waals surface area (Å²) in [6.45, 7) is 8.86. The number of hydrogen-bond donors (Lipinski definition) is 1. The molecule has 0 aromatic carbocycles. The number of aryl methyl sites for hydroxylation is 1. The lowest BCUT2D eigenvalue weighted by Crippen LogP contribution is -2.20. The molecule has 1 N–H and O–H groups in total. The summed E-state index contributed by atoms with van der Waals surface area (Å²) < 4.78 is 5.93. The summed E-state index contributed by atoms with van der Waals surface area (Å²) in [7, 11) is 0. The van der Waals surface area contributed by atoms with Crippen LogP contribution in [-0.4, -0.2) is 18.1 Å². The first-order chi connectivity index (χ1) is 10.1. The van der Waals surface area contributed by atoms with Crippen LogP contribution in [-0.2, 0) is 13.0 Å². The van der Waals surface area contributed by atoms with E-state index in [4.69, 9.17) is 4.74 Å². The number of nitrogens with one attached hydrogen (secondary N) is 1. The van der Waals surface area contributed by atoms with Crippen molar-refractivity contribution in [3.05, 3.63) is 45.9 Å². The zero-order valence-corrected chi connectivity index (χ0v) is 13.9. The quantitative estimate of drug-likeness (QED) is 0.805. The molecule has 0 amide bonds. The normalized spacial score (nSPS) is 11.0. The molecule has 0 aliphatic rings. The molecule has 21 heavy (non-hydrogen) atoms. The zero-order chi connectivity index (χ0) is 15.1. The number of hydrogen-bond acceptors (Lipinski definition) is 4. The van der Waals surface area contributed by atoms with E-state index in [1.807, 2.05) is 19.1 Å². The predicted molar refractivity (Wildman–Crippen MR) is 89.0 cm³/mol. The standard InChI is InChI=1S/C17H24N2OS/c1-13(2)10-18-11-16-17(5-4-14(3)19-16)20-8-6-15-7-9-21-12-15/h4-5,7,9,12-13,18H,6,8,10-11H2,1-3H3. The average molecular weight is 304 g/mol. The summed E-state index contributed by atoms with van der Waals surface area (Å²) in [6.07, 6.45) is 0.941. The Balaban J connectivity index is 1.90. The van der Waals surface area contributed by atoms with Crippen LogP contribution in [0.2, 0.25) is 0 Å². The molecular formula is C17H24N2OS. The lowest BCUT2D eigenvalue weighted by molar-refractivity contribution is 0.315. The number of thiophene rings is 1. The van der Waals surface area contributed by atoms with Gasteiger partial charge in [-0.2, -0.15) is 11.3 Å². The van der Waals surface area contributed by atoms with E-state index in [-0.39, 0.29) is 0 Å². The van der Waals surface area contributed by atoms with Gasteiger partial charge in [-0.05, 0) is 53.9 Å². The highest BCUT2D eigenvalue weighted by Crippen LogP contribution is 2.17. The smallest absolute Gasteiger partial charge is 0.142 e. The lowest BCUT2D eigenvalue weighted by atomic mass is 10.2. The van der Waals surface area contributed by atoms with Crippen molar-refractivity contribution in [1.82, 2.24) is 10.3 Å². The third-order valence-electron chi connectivity index (χ3n) is 3.15. The molecule has 0 fully saturated rings. The van der Waals surface area contributed by atoms with Gasteiger partial charge in [-0.3, -0.25) is 4.98 Å². The Hall–Kier alpha value is -1.39. The van der Waals surface area contributed by atoms with Gasteiger partial charge in [0.25, 0.3) is 0 Å². The molecule has 0 bridgehead atoms. The van der Waals surface area contributed by atoms with Gasteiger partial charge in [0.2, 0.25) is 0 Å². The minimum Gasteiger partial charge on any atom is -0.491 e. The monoisotopic (exact) mass is 304 g/mol. The number of ether oxygens (including phenoxy) is 1. The summed E-state index contributed by atoms with van der Waals surface area (Å²) in [5.41, 5.74) is 3.36. The molecule has 2 heterocycles. The third kappa shape index (κ3) is 5.48. The molecule has 0 aliphatic carbocycles. The van der Waals surface area contributed by atoms with Crippen LogP contribution in [0.1, 0.15) is 30.8 Å². The fourth-order valence-corrected chi connectivity index (χ4v) is 2.75. The van der Waals surface area contributed by atoms with E-state index < -0.39 is 0 Å². The van der Waals surface area contributed by atoms with Crippen molar-refractivity contribution in [2.45, 2.75) is 33.7 Å². The van der Waals surface area contributed by atoms with Gasteiger partial charge in [-0.25, -0.2) is 0 Å². The number of pyridine rings is 1. The second-order valence-electron chi connectivity index (χ2n) is 5.65. The Morgan fingerprint density at radius 3 is 2.86 bits per heavy atom. The van der Waals surface area contributed by atoms with E-state index in [0.29, 0.717) is 12.5 Å². The Labute approximate surface area is 131 Å².